The van der Waals surface area contributed by atoms with Gasteiger partial charge in [0.1, 0.15) is 4.75 Å². The Morgan fingerprint density at radius 2 is 1.79 bits per heavy atom. The van der Waals surface area contributed by atoms with E-state index in [0.29, 0.717) is 18.8 Å². The molecule has 0 heterocycles. The highest BCUT2D eigenvalue weighted by atomic mass is 32.2. The fourth-order valence-electron chi connectivity index (χ4n) is 2.41. The Morgan fingerprint density at radius 3 is 2.24 bits per heavy atom. The quantitative estimate of drug-likeness (QED) is 0.337. The van der Waals surface area contributed by atoms with Gasteiger partial charge in [-0.3, -0.25) is 0 Å². The molecule has 7 heteroatoms. The van der Waals surface area contributed by atoms with Crippen molar-refractivity contribution in [3.05, 3.63) is 34.9 Å². The maximum atomic E-state index is 12.8. The van der Waals surface area contributed by atoms with Crippen LogP contribution in [0.1, 0.15) is 76.0 Å². The van der Waals surface area contributed by atoms with Crippen LogP contribution in [0.4, 0.5) is 0 Å². The van der Waals surface area contributed by atoms with Gasteiger partial charge >= 0.3 is 5.97 Å². The van der Waals surface area contributed by atoms with Gasteiger partial charge in [0.25, 0.3) is 0 Å². The Labute approximate surface area is 181 Å². The fraction of sp³-hybridized carbons (Fsp3) is 0.682. The zero-order valence-electron chi connectivity index (χ0n) is 19.8. The minimum absolute atomic E-state index is 0.0868. The molecule has 0 aliphatic heterocycles. The van der Waals surface area contributed by atoms with E-state index in [1.807, 2.05) is 39.8 Å². The average Bonchev–Trinajstić information content (AvgIpc) is 2.56. The van der Waals surface area contributed by atoms with Crippen LogP contribution in [0.15, 0.2) is 18.2 Å². The van der Waals surface area contributed by atoms with Gasteiger partial charge in [-0.1, -0.05) is 26.8 Å². The normalized spacial score (nSPS) is 15.1. The molecule has 0 aliphatic rings. The molecule has 0 aromatic heterocycles. The van der Waals surface area contributed by atoms with Crippen molar-refractivity contribution in [1.29, 1.82) is 0 Å². The topological polar surface area (TPSA) is 70.6 Å². The molecular weight excluding hydrogens is 402 g/mol. The summed E-state index contributed by atoms with van der Waals surface area (Å²) in [5.41, 5.74) is 2.45. The summed E-state index contributed by atoms with van der Waals surface area (Å²) in [6.07, 6.45) is 0. The molecule has 0 fully saturated rings. The van der Waals surface area contributed by atoms with Crippen molar-refractivity contribution < 1.29 is 18.5 Å². The summed E-state index contributed by atoms with van der Waals surface area (Å²) in [5.74, 6) is -0.331. The summed E-state index contributed by atoms with van der Waals surface area (Å²) in [5, 5.41) is 0.0868. The summed E-state index contributed by atoms with van der Waals surface area (Å²) in [6, 6.07) is 5.27. The largest absolute Gasteiger partial charge is 0.598 e. The lowest BCUT2D eigenvalue weighted by Crippen LogP contribution is -2.46. The molecule has 1 N–H and O–H groups in total. The molecular formula is C22H39NO4SSi. The monoisotopic (exact) mass is 441 g/mol. The van der Waals surface area contributed by atoms with E-state index < -0.39 is 24.4 Å². The first-order valence-electron chi connectivity index (χ1n) is 10.2. The summed E-state index contributed by atoms with van der Waals surface area (Å²) < 4.78 is 27.2. The van der Waals surface area contributed by atoms with Crippen LogP contribution in [0.2, 0.25) is 18.1 Å². The molecule has 1 aromatic rings. The SMILES string of the molecule is CCOC(=O)c1ccc(C(CO[Si](C)(C)C(C)(C)C)N[S+]([O-])C(C)(C)C)c(C)c1. The molecule has 5 nitrogen and oxygen atoms in total. The highest BCUT2D eigenvalue weighted by molar-refractivity contribution is 7.90. The number of nitrogens with one attached hydrogen (secondary N) is 1. The summed E-state index contributed by atoms with van der Waals surface area (Å²) in [6.45, 7) is 21.4. The second-order valence-corrected chi connectivity index (χ2v) is 16.7. The zero-order valence-corrected chi connectivity index (χ0v) is 21.6. The lowest BCUT2D eigenvalue weighted by atomic mass is 10.00. The van der Waals surface area contributed by atoms with Gasteiger partial charge < -0.3 is 13.7 Å². The van der Waals surface area contributed by atoms with E-state index in [2.05, 4.69) is 38.6 Å². The van der Waals surface area contributed by atoms with Crippen molar-refractivity contribution in [3.63, 3.8) is 0 Å². The number of benzene rings is 1. The second kappa shape index (κ2) is 9.96. The third kappa shape index (κ3) is 7.40. The highest BCUT2D eigenvalue weighted by Crippen LogP contribution is 2.37. The van der Waals surface area contributed by atoms with Crippen LogP contribution in [0.25, 0.3) is 0 Å². The van der Waals surface area contributed by atoms with E-state index in [9.17, 15) is 9.35 Å². The molecule has 2 unspecified atom stereocenters. The molecule has 0 aliphatic carbocycles. The summed E-state index contributed by atoms with van der Waals surface area (Å²) >= 11 is -1.25. The van der Waals surface area contributed by atoms with Crippen LogP contribution in [0, 0.1) is 6.92 Å². The van der Waals surface area contributed by atoms with Crippen LogP contribution in [0.5, 0.6) is 0 Å². The van der Waals surface area contributed by atoms with E-state index in [0.717, 1.165) is 11.1 Å². The van der Waals surface area contributed by atoms with Gasteiger partial charge in [-0.25, -0.2) is 4.79 Å². The van der Waals surface area contributed by atoms with Crippen LogP contribution in [-0.4, -0.2) is 36.8 Å². The number of esters is 1. The fourth-order valence-corrected chi connectivity index (χ4v) is 4.23. The van der Waals surface area contributed by atoms with Gasteiger partial charge in [-0.15, -0.1) is 4.72 Å². The lowest BCUT2D eigenvalue weighted by molar-refractivity contribution is 0.0526. The number of hydrogen-bond acceptors (Lipinski definition) is 5. The zero-order chi connectivity index (χ0) is 22.6. The Balaban J connectivity index is 3.18. The molecule has 0 saturated carbocycles. The smallest absolute Gasteiger partial charge is 0.338 e. The van der Waals surface area contributed by atoms with Crippen molar-refractivity contribution in [1.82, 2.24) is 4.72 Å². The Kier molecular flexibility index (Phi) is 8.99. The van der Waals surface area contributed by atoms with Gasteiger partial charge in [0.15, 0.2) is 8.32 Å². The van der Waals surface area contributed by atoms with Crippen molar-refractivity contribution in [2.24, 2.45) is 0 Å². The molecule has 166 valence electrons. The minimum Gasteiger partial charge on any atom is -0.598 e. The maximum absolute atomic E-state index is 12.8. The van der Waals surface area contributed by atoms with Crippen molar-refractivity contribution in [2.45, 2.75) is 84.3 Å². The van der Waals surface area contributed by atoms with Crippen LogP contribution in [-0.2, 0) is 20.5 Å². The van der Waals surface area contributed by atoms with E-state index in [-0.39, 0.29) is 17.0 Å². The number of aryl methyl sites for hydroxylation is 1. The average molecular weight is 442 g/mol. The molecule has 0 radical (unpaired) electrons. The summed E-state index contributed by atoms with van der Waals surface area (Å²) in [7, 11) is -1.97. The van der Waals surface area contributed by atoms with Gasteiger partial charge in [0, 0.05) is 11.4 Å². The van der Waals surface area contributed by atoms with Gasteiger partial charge in [0.05, 0.1) is 24.8 Å². The first kappa shape index (κ1) is 26.2. The maximum Gasteiger partial charge on any atom is 0.338 e. The van der Waals surface area contributed by atoms with E-state index in [1.54, 1.807) is 13.0 Å². The number of carbonyl (C=O) groups excluding carboxylic acids is 1. The first-order valence-corrected chi connectivity index (χ1v) is 14.3. The van der Waals surface area contributed by atoms with Gasteiger partial charge in [0.2, 0.25) is 0 Å². The third-order valence-corrected chi connectivity index (χ3v) is 11.5. The Bertz CT molecular complexity index is 695. The molecule has 2 atom stereocenters. The second-order valence-electron chi connectivity index (χ2n) is 9.91. The Hall–Kier alpha value is -0.863. The molecule has 1 rings (SSSR count). The standard InChI is InChI=1S/C22H39NO4SSi/c1-11-26-20(24)17-12-13-18(16(2)14-17)19(23-28(25)21(3,4)5)15-27-29(9,10)22(6,7)8/h12-14,19,23H,11,15H2,1-10H3. The molecule has 0 saturated heterocycles. The van der Waals surface area contributed by atoms with Crippen molar-refractivity contribution in [3.8, 4) is 0 Å². The van der Waals surface area contributed by atoms with Gasteiger partial charge in [-0.05, 0) is 76.0 Å². The first-order chi connectivity index (χ1) is 13.1. The molecule has 0 bridgehead atoms. The van der Waals surface area contributed by atoms with Crippen molar-refractivity contribution >= 4 is 25.6 Å². The summed E-state index contributed by atoms with van der Waals surface area (Å²) in [4.78, 5) is 12.0. The lowest BCUT2D eigenvalue weighted by Gasteiger charge is -2.38. The minimum atomic E-state index is -1.97. The Morgan fingerprint density at radius 1 is 1.21 bits per heavy atom. The molecule has 29 heavy (non-hydrogen) atoms. The molecule has 1 aromatic carbocycles. The van der Waals surface area contributed by atoms with E-state index in [4.69, 9.17) is 9.16 Å². The third-order valence-electron chi connectivity index (χ3n) is 5.38. The highest BCUT2D eigenvalue weighted by Gasteiger charge is 2.39. The van der Waals surface area contributed by atoms with Crippen LogP contribution in [0.3, 0.4) is 0 Å². The number of rotatable bonds is 8. The number of carbonyl (C=O) groups is 1. The van der Waals surface area contributed by atoms with Gasteiger partial charge in [-0.2, -0.15) is 0 Å². The number of ether oxygens (including phenoxy) is 1. The molecule has 0 amide bonds. The van der Waals surface area contributed by atoms with Crippen LogP contribution >= 0.6 is 0 Å². The molecule has 0 spiro atoms. The van der Waals surface area contributed by atoms with Crippen LogP contribution < -0.4 is 4.72 Å². The predicted octanol–water partition coefficient (Wildman–Crippen LogP) is 5.29. The number of hydrogen-bond donors (Lipinski definition) is 1. The van der Waals surface area contributed by atoms with E-state index >= 15 is 0 Å². The van der Waals surface area contributed by atoms with Crippen molar-refractivity contribution in [2.75, 3.05) is 13.2 Å². The van der Waals surface area contributed by atoms with E-state index in [1.165, 1.54) is 0 Å². The predicted molar refractivity (Wildman–Crippen MR) is 124 cm³/mol.